The zero-order valence-electron chi connectivity index (χ0n) is 15.7. The summed E-state index contributed by atoms with van der Waals surface area (Å²) in [4.78, 5) is 13.4. The minimum absolute atomic E-state index is 0.0528. The Morgan fingerprint density at radius 1 is 1.31 bits per heavy atom. The number of fused-ring (bicyclic) bond motifs is 1. The van der Waals surface area contributed by atoms with Gasteiger partial charge in [-0.2, -0.15) is 10.2 Å². The molecule has 1 aliphatic carbocycles. The highest BCUT2D eigenvalue weighted by Crippen LogP contribution is 2.54. The van der Waals surface area contributed by atoms with E-state index >= 15 is 0 Å². The van der Waals surface area contributed by atoms with Crippen molar-refractivity contribution in [3.05, 3.63) is 57.4 Å². The molecule has 0 spiro atoms. The molecule has 4 nitrogen and oxygen atoms in total. The van der Waals surface area contributed by atoms with Crippen LogP contribution in [0.5, 0.6) is 0 Å². The summed E-state index contributed by atoms with van der Waals surface area (Å²) in [6.45, 7) is 8.42. The Kier molecular flexibility index (Phi) is 3.88. The zero-order valence-corrected chi connectivity index (χ0v) is 16.4. The van der Waals surface area contributed by atoms with Crippen molar-refractivity contribution in [1.29, 1.82) is 0 Å². The monoisotopic (exact) mass is 369 g/mol. The van der Waals surface area contributed by atoms with Gasteiger partial charge in [-0.3, -0.25) is 4.79 Å². The molecule has 0 radical (unpaired) electrons. The van der Waals surface area contributed by atoms with E-state index in [2.05, 4.69) is 42.4 Å². The average molecular weight is 370 g/mol. The molecule has 136 valence electrons. The molecule has 1 aromatic rings. The fourth-order valence-corrected chi connectivity index (χ4v) is 5.15. The van der Waals surface area contributed by atoms with Crippen molar-refractivity contribution in [2.24, 2.45) is 15.6 Å². The number of Topliss-reactive ketones (excluding diaryl/α,β-unsaturated/α-hetero) is 1. The zero-order chi connectivity index (χ0) is 18.7. The number of carbonyl (C=O) groups excluding carboxylic acids is 1. The number of nitrogens with zero attached hydrogens (tertiary/aromatic N) is 2. The van der Waals surface area contributed by atoms with E-state index in [1.165, 1.54) is 0 Å². The van der Waals surface area contributed by atoms with Crippen LogP contribution in [0.4, 0.5) is 0 Å². The Balaban J connectivity index is 2.04. The first-order valence-corrected chi connectivity index (χ1v) is 9.58. The maximum absolute atomic E-state index is 13.4. The van der Waals surface area contributed by atoms with Crippen LogP contribution in [0.2, 0.25) is 5.02 Å². The summed E-state index contributed by atoms with van der Waals surface area (Å²) < 4.78 is 0. The molecule has 2 heterocycles. The van der Waals surface area contributed by atoms with Gasteiger partial charge in [0, 0.05) is 28.3 Å². The number of hydrogen-bond donors (Lipinski definition) is 1. The number of allylic oxidation sites excluding steroid dienone is 3. The van der Waals surface area contributed by atoms with Crippen LogP contribution in [-0.4, -0.2) is 11.9 Å². The molecule has 0 saturated heterocycles. The summed E-state index contributed by atoms with van der Waals surface area (Å²) in [5, 5.41) is 13.0. The third kappa shape index (κ3) is 2.38. The molecule has 5 heteroatoms. The number of halogens is 1. The second-order valence-corrected chi connectivity index (χ2v) is 8.76. The fraction of sp³-hybridized carbons (Fsp3) is 0.476. The van der Waals surface area contributed by atoms with E-state index in [1.807, 2.05) is 25.1 Å². The summed E-state index contributed by atoms with van der Waals surface area (Å²) in [7, 11) is 0. The maximum atomic E-state index is 13.4. The van der Waals surface area contributed by atoms with Crippen LogP contribution in [0.15, 0.2) is 57.0 Å². The van der Waals surface area contributed by atoms with Crippen molar-refractivity contribution >= 4 is 17.4 Å². The van der Waals surface area contributed by atoms with Gasteiger partial charge in [0.2, 0.25) is 0 Å². The molecule has 0 aromatic heterocycles. The molecule has 0 fully saturated rings. The first-order valence-electron chi connectivity index (χ1n) is 9.20. The Morgan fingerprint density at radius 3 is 2.77 bits per heavy atom. The normalized spacial score (nSPS) is 29.6. The number of ketones is 1. The predicted octanol–water partition coefficient (Wildman–Crippen LogP) is 5.30. The topological polar surface area (TPSA) is 53.8 Å². The van der Waals surface area contributed by atoms with Crippen molar-refractivity contribution in [1.82, 2.24) is 5.32 Å². The highest BCUT2D eigenvalue weighted by Gasteiger charge is 2.53. The van der Waals surface area contributed by atoms with Crippen LogP contribution >= 0.6 is 11.6 Å². The van der Waals surface area contributed by atoms with Crippen molar-refractivity contribution < 1.29 is 4.79 Å². The highest BCUT2D eigenvalue weighted by molar-refractivity contribution is 6.30. The van der Waals surface area contributed by atoms with Crippen LogP contribution in [0.1, 0.15) is 52.5 Å². The summed E-state index contributed by atoms with van der Waals surface area (Å²) in [5.41, 5.74) is 4.39. The van der Waals surface area contributed by atoms with Gasteiger partial charge in [-0.05, 0) is 42.9 Å². The standard InChI is InChI=1S/C21H24ClN3O/c1-5-21(13-7-6-8-14(22)9-13)17-12(2)24-25-19(17)23-15-10-20(3,4)11-16(26)18(15)21/h6-9,19,23H,5,10-11H2,1-4H3/t19?,21-/m1/s1. The molecule has 0 amide bonds. The van der Waals surface area contributed by atoms with Gasteiger partial charge < -0.3 is 5.32 Å². The average Bonchev–Trinajstić information content (AvgIpc) is 2.93. The largest absolute Gasteiger partial charge is 0.362 e. The molecule has 1 aromatic carbocycles. The number of rotatable bonds is 2. The van der Waals surface area contributed by atoms with Crippen LogP contribution in [0, 0.1) is 5.41 Å². The van der Waals surface area contributed by atoms with Crippen LogP contribution in [-0.2, 0) is 10.2 Å². The summed E-state index contributed by atoms with van der Waals surface area (Å²) >= 11 is 6.34. The molecular weight excluding hydrogens is 346 g/mol. The highest BCUT2D eigenvalue weighted by atomic mass is 35.5. The lowest BCUT2D eigenvalue weighted by molar-refractivity contribution is -0.119. The van der Waals surface area contributed by atoms with E-state index in [9.17, 15) is 4.79 Å². The van der Waals surface area contributed by atoms with E-state index in [-0.39, 0.29) is 17.4 Å². The van der Waals surface area contributed by atoms with Gasteiger partial charge in [-0.15, -0.1) is 0 Å². The van der Waals surface area contributed by atoms with Crippen molar-refractivity contribution in [3.8, 4) is 0 Å². The van der Waals surface area contributed by atoms with Gasteiger partial charge in [0.15, 0.2) is 11.9 Å². The van der Waals surface area contributed by atoms with Gasteiger partial charge >= 0.3 is 0 Å². The Labute approximate surface area is 159 Å². The number of benzene rings is 1. The summed E-state index contributed by atoms with van der Waals surface area (Å²) in [6, 6.07) is 7.90. The van der Waals surface area contributed by atoms with Crippen LogP contribution in [0.3, 0.4) is 0 Å². The van der Waals surface area contributed by atoms with Crippen molar-refractivity contribution in [2.75, 3.05) is 0 Å². The van der Waals surface area contributed by atoms with Crippen molar-refractivity contribution in [2.45, 2.75) is 58.5 Å². The van der Waals surface area contributed by atoms with Crippen molar-refractivity contribution in [3.63, 3.8) is 0 Å². The van der Waals surface area contributed by atoms with E-state index in [4.69, 9.17) is 11.6 Å². The number of nitrogens with one attached hydrogen (secondary N) is 1. The fourth-order valence-electron chi connectivity index (χ4n) is 4.96. The smallest absolute Gasteiger partial charge is 0.165 e. The predicted molar refractivity (Wildman–Crippen MR) is 103 cm³/mol. The molecule has 0 saturated carbocycles. The van der Waals surface area contributed by atoms with Gasteiger partial charge in [0.25, 0.3) is 0 Å². The first kappa shape index (κ1) is 17.5. The minimum atomic E-state index is -0.517. The first-order chi connectivity index (χ1) is 12.3. The maximum Gasteiger partial charge on any atom is 0.165 e. The van der Waals surface area contributed by atoms with Gasteiger partial charge in [-0.25, -0.2) is 0 Å². The lowest BCUT2D eigenvalue weighted by Crippen LogP contribution is -2.51. The summed E-state index contributed by atoms with van der Waals surface area (Å²) in [5.74, 6) is 0.219. The lowest BCUT2D eigenvalue weighted by atomic mass is 9.58. The van der Waals surface area contributed by atoms with E-state index in [0.29, 0.717) is 11.4 Å². The van der Waals surface area contributed by atoms with Gasteiger partial charge in [-0.1, -0.05) is 44.5 Å². The molecule has 0 bridgehead atoms. The van der Waals surface area contributed by atoms with E-state index in [1.54, 1.807) is 0 Å². The van der Waals surface area contributed by atoms with Crippen LogP contribution < -0.4 is 5.32 Å². The minimum Gasteiger partial charge on any atom is -0.362 e. The SMILES string of the molecule is CC[C@]1(c2cccc(Cl)c2)C2=C(CC(C)(C)CC2=O)NC2N=NC(C)=C21. The lowest BCUT2D eigenvalue weighted by Gasteiger charge is -2.48. The number of carbonyl (C=O) groups is 1. The Hall–Kier alpha value is -1.94. The molecule has 1 N–H and O–H groups in total. The van der Waals surface area contributed by atoms with E-state index < -0.39 is 5.41 Å². The van der Waals surface area contributed by atoms with E-state index in [0.717, 1.165) is 40.9 Å². The number of hydrogen-bond acceptors (Lipinski definition) is 4. The Morgan fingerprint density at radius 2 is 2.08 bits per heavy atom. The number of azo groups is 1. The molecule has 3 aliphatic rings. The molecule has 2 aliphatic heterocycles. The van der Waals surface area contributed by atoms with Gasteiger partial charge in [0.1, 0.15) is 0 Å². The van der Waals surface area contributed by atoms with Crippen LogP contribution in [0.25, 0.3) is 0 Å². The second kappa shape index (κ2) is 5.78. The molecule has 4 rings (SSSR count). The second-order valence-electron chi connectivity index (χ2n) is 8.33. The third-order valence-electron chi connectivity index (χ3n) is 5.91. The molecule has 1 unspecified atom stereocenters. The molecule has 26 heavy (non-hydrogen) atoms. The molecular formula is C21H24ClN3O. The quantitative estimate of drug-likeness (QED) is 0.768. The Bertz CT molecular complexity index is 896. The summed E-state index contributed by atoms with van der Waals surface area (Å²) in [6.07, 6.45) is 1.97. The molecule has 2 atom stereocenters. The third-order valence-corrected chi connectivity index (χ3v) is 6.14. The van der Waals surface area contributed by atoms with Gasteiger partial charge in [0.05, 0.1) is 11.1 Å².